The topological polar surface area (TPSA) is 180 Å². The normalized spacial score (nSPS) is 15.1. The molecule has 5 atom stereocenters. The summed E-state index contributed by atoms with van der Waals surface area (Å²) >= 11 is 3.68. The van der Waals surface area contributed by atoms with Gasteiger partial charge in [-0.3, -0.25) is 24.0 Å². The van der Waals surface area contributed by atoms with E-state index in [0.717, 1.165) is 5.56 Å². The molecule has 36 heavy (non-hydrogen) atoms. The Morgan fingerprint density at radius 2 is 1.50 bits per heavy atom. The third-order valence-electron chi connectivity index (χ3n) is 5.51. The maximum atomic E-state index is 13.1. The number of aliphatic hydroxyl groups excluding tert-OH is 1. The molecule has 200 valence electrons. The van der Waals surface area contributed by atoms with Crippen LogP contribution in [-0.2, 0) is 25.6 Å². The zero-order valence-electron chi connectivity index (χ0n) is 21.0. The maximum absolute atomic E-state index is 13.1. The predicted octanol–water partition coefficient (Wildman–Crippen LogP) is 0.0137. The van der Waals surface area contributed by atoms with Crippen molar-refractivity contribution in [2.75, 3.05) is 0 Å². The van der Waals surface area contributed by atoms with Crippen LogP contribution < -0.4 is 27.0 Å². The molecule has 1 rings (SSSR count). The lowest BCUT2D eigenvalue weighted by Crippen LogP contribution is -2.58. The summed E-state index contributed by atoms with van der Waals surface area (Å²) in [6.07, 6.45) is -0.695. The molecular weight excluding hydrogens is 486 g/mol. The van der Waals surface area contributed by atoms with E-state index < -0.39 is 59.1 Å². The van der Waals surface area contributed by atoms with Gasteiger partial charge in [0.2, 0.25) is 23.6 Å². The number of carbonyl (C=O) groups excluding carboxylic acids is 5. The Bertz CT molecular complexity index is 912. The van der Waals surface area contributed by atoms with Crippen LogP contribution in [0.2, 0.25) is 0 Å². The summed E-state index contributed by atoms with van der Waals surface area (Å²) in [6.45, 7) is 6.40. The van der Waals surface area contributed by atoms with E-state index in [4.69, 9.17) is 5.73 Å². The first-order chi connectivity index (χ1) is 16.8. The minimum absolute atomic E-state index is 0.0262. The van der Waals surface area contributed by atoms with Crippen molar-refractivity contribution >= 4 is 41.5 Å². The highest BCUT2D eigenvalue weighted by molar-refractivity contribution is 7.96. The fourth-order valence-corrected chi connectivity index (χ4v) is 3.55. The minimum atomic E-state index is -1.05. The smallest absolute Gasteiger partial charge is 0.276 e. The van der Waals surface area contributed by atoms with Crippen molar-refractivity contribution in [2.45, 2.75) is 77.2 Å². The highest BCUT2D eigenvalue weighted by Gasteiger charge is 2.30. The third-order valence-corrected chi connectivity index (χ3v) is 5.64. The van der Waals surface area contributed by atoms with E-state index in [1.165, 1.54) is 13.8 Å². The van der Waals surface area contributed by atoms with Crippen molar-refractivity contribution in [2.24, 2.45) is 11.7 Å². The standard InChI is InChI=1S/C24H37N5O6S/c1-13(2)20(29-24(35)36)23(34)28-18(12-16-8-6-5-7-9-16)22(33)26-14(3)21(32)27-17(15(4)30)10-11-19(25)31/h5-9,13-15,17-18,20,30H,10-12H2,1-4H3,(H2,25,31)(H,26,33)(H,27,32)(H,28,34)(H2,29,35,36)/t14?,15?,17?,18-,20-/m0/s1. The zero-order valence-corrected chi connectivity index (χ0v) is 21.9. The number of primary amides is 1. The molecule has 0 heterocycles. The number of aliphatic hydroxyl groups is 1. The molecule has 0 aliphatic carbocycles. The molecule has 0 bridgehead atoms. The van der Waals surface area contributed by atoms with Gasteiger partial charge in [-0.2, -0.15) is 0 Å². The predicted molar refractivity (Wildman–Crippen MR) is 138 cm³/mol. The van der Waals surface area contributed by atoms with Crippen molar-refractivity contribution in [3.63, 3.8) is 0 Å². The lowest BCUT2D eigenvalue weighted by molar-refractivity contribution is -0.133. The van der Waals surface area contributed by atoms with Gasteiger partial charge in [-0.05, 0) is 31.7 Å². The van der Waals surface area contributed by atoms with Gasteiger partial charge in [-0.1, -0.05) is 56.8 Å². The minimum Gasteiger partial charge on any atom is -0.391 e. The first-order valence-corrected chi connectivity index (χ1v) is 12.2. The first-order valence-electron chi connectivity index (χ1n) is 11.7. The van der Waals surface area contributed by atoms with Gasteiger partial charge in [-0.15, -0.1) is 0 Å². The van der Waals surface area contributed by atoms with Gasteiger partial charge >= 0.3 is 0 Å². The molecule has 0 saturated heterocycles. The molecule has 0 radical (unpaired) electrons. The van der Waals surface area contributed by atoms with Crippen LogP contribution in [0.5, 0.6) is 0 Å². The molecule has 0 fully saturated rings. The van der Waals surface area contributed by atoms with Crippen LogP contribution in [0.3, 0.4) is 0 Å². The highest BCUT2D eigenvalue weighted by atomic mass is 32.1. The molecule has 0 spiro atoms. The summed E-state index contributed by atoms with van der Waals surface area (Å²) in [5, 5.41) is 19.5. The van der Waals surface area contributed by atoms with Crippen molar-refractivity contribution in [1.29, 1.82) is 0 Å². The van der Waals surface area contributed by atoms with Gasteiger partial charge in [0.15, 0.2) is 0 Å². The first kappa shape index (κ1) is 30.9. The second-order valence-electron chi connectivity index (χ2n) is 9.01. The lowest BCUT2D eigenvalue weighted by Gasteiger charge is -2.27. The van der Waals surface area contributed by atoms with Crippen LogP contribution in [0, 0.1) is 5.92 Å². The maximum Gasteiger partial charge on any atom is 0.276 e. The second-order valence-corrected chi connectivity index (χ2v) is 9.42. The Hall–Kier alpha value is -3.12. The molecule has 12 heteroatoms. The van der Waals surface area contributed by atoms with Gasteiger partial charge in [0.1, 0.15) is 18.1 Å². The Balaban J connectivity index is 2.98. The van der Waals surface area contributed by atoms with Crippen molar-refractivity contribution in [3.8, 4) is 0 Å². The number of thiol groups is 1. The van der Waals surface area contributed by atoms with Gasteiger partial charge in [0.25, 0.3) is 5.24 Å². The summed E-state index contributed by atoms with van der Waals surface area (Å²) in [5.41, 5.74) is 5.92. The van der Waals surface area contributed by atoms with Crippen LogP contribution in [0.1, 0.15) is 46.1 Å². The number of amides is 5. The third kappa shape index (κ3) is 11.1. The average Bonchev–Trinajstić information content (AvgIpc) is 2.79. The zero-order chi connectivity index (χ0) is 27.4. The van der Waals surface area contributed by atoms with Crippen molar-refractivity contribution in [3.05, 3.63) is 35.9 Å². The van der Waals surface area contributed by atoms with Crippen LogP contribution in [0.25, 0.3) is 0 Å². The summed E-state index contributed by atoms with van der Waals surface area (Å²) in [4.78, 5) is 61.2. The lowest BCUT2D eigenvalue weighted by atomic mass is 10.0. The Kier molecular flexibility index (Phi) is 13.0. The molecular formula is C24H37N5O6S. The number of hydrogen-bond acceptors (Lipinski definition) is 6. The Morgan fingerprint density at radius 1 is 0.889 bits per heavy atom. The van der Waals surface area contributed by atoms with Gasteiger partial charge in [0.05, 0.1) is 12.1 Å². The highest BCUT2D eigenvalue weighted by Crippen LogP contribution is 2.08. The monoisotopic (exact) mass is 523 g/mol. The molecule has 0 aromatic heterocycles. The molecule has 0 saturated carbocycles. The van der Waals surface area contributed by atoms with Crippen LogP contribution >= 0.6 is 12.6 Å². The largest absolute Gasteiger partial charge is 0.391 e. The molecule has 11 nitrogen and oxygen atoms in total. The van der Waals surface area contributed by atoms with Gasteiger partial charge in [0, 0.05) is 12.8 Å². The second kappa shape index (κ2) is 15.1. The van der Waals surface area contributed by atoms with E-state index >= 15 is 0 Å². The van der Waals surface area contributed by atoms with E-state index in [2.05, 4.69) is 33.9 Å². The van der Waals surface area contributed by atoms with Crippen LogP contribution in [-0.4, -0.2) is 64.2 Å². The van der Waals surface area contributed by atoms with Gasteiger partial charge < -0.3 is 32.1 Å². The van der Waals surface area contributed by atoms with E-state index in [1.54, 1.807) is 38.1 Å². The quantitative estimate of drug-likeness (QED) is 0.169. The number of carbonyl (C=O) groups is 5. The fourth-order valence-electron chi connectivity index (χ4n) is 3.41. The molecule has 0 aliphatic rings. The number of rotatable bonds is 14. The molecule has 3 unspecified atom stereocenters. The Morgan fingerprint density at radius 3 is 2.00 bits per heavy atom. The van der Waals surface area contributed by atoms with Crippen molar-refractivity contribution in [1.82, 2.24) is 21.3 Å². The summed E-state index contributed by atoms with van der Waals surface area (Å²) in [5.74, 6) is -2.60. The van der Waals surface area contributed by atoms with Crippen LogP contribution in [0.15, 0.2) is 30.3 Å². The number of hydrogen-bond donors (Lipinski definition) is 7. The summed E-state index contributed by atoms with van der Waals surface area (Å²) in [6, 6.07) is 5.28. The SMILES string of the molecule is CC(NC(=O)[C@H](Cc1ccccc1)NC(=O)[C@@H](NC(=O)S)C(C)C)C(=O)NC(CCC(N)=O)C(C)O. The molecule has 1 aromatic carbocycles. The number of nitrogens with one attached hydrogen (secondary N) is 4. The van der Waals surface area contributed by atoms with Gasteiger partial charge in [-0.25, -0.2) is 0 Å². The number of benzene rings is 1. The van der Waals surface area contributed by atoms with Crippen LogP contribution in [0.4, 0.5) is 4.79 Å². The molecule has 1 aromatic rings. The van der Waals surface area contributed by atoms with E-state index in [1.807, 2.05) is 6.07 Å². The molecule has 5 amide bonds. The number of nitrogens with two attached hydrogens (primary N) is 1. The fraction of sp³-hybridized carbons (Fsp3) is 0.542. The summed E-state index contributed by atoms with van der Waals surface area (Å²) < 4.78 is 0. The Labute approximate surface area is 216 Å². The van der Waals surface area contributed by atoms with E-state index in [-0.39, 0.29) is 25.2 Å². The summed E-state index contributed by atoms with van der Waals surface area (Å²) in [7, 11) is 0. The molecule has 7 N–H and O–H groups in total. The molecule has 0 aliphatic heterocycles. The average molecular weight is 524 g/mol. The van der Waals surface area contributed by atoms with Crippen molar-refractivity contribution < 1.29 is 29.1 Å². The van der Waals surface area contributed by atoms with E-state index in [0.29, 0.717) is 0 Å². The van der Waals surface area contributed by atoms with E-state index in [9.17, 15) is 29.1 Å².